The molecule has 0 saturated carbocycles. The SMILES string of the molecule is O=C1CCCc2c1c1ncccc1n2C(=O)c1ccccc1[N+](=O)[O-]. The van der Waals surface area contributed by atoms with E-state index in [4.69, 9.17) is 0 Å². The average molecular weight is 335 g/mol. The molecule has 0 fully saturated rings. The average Bonchev–Trinajstić information content (AvgIpc) is 2.96. The first-order valence-electron chi connectivity index (χ1n) is 7.89. The van der Waals surface area contributed by atoms with Gasteiger partial charge in [0.2, 0.25) is 0 Å². The molecular weight excluding hydrogens is 322 g/mol. The Morgan fingerprint density at radius 1 is 1.16 bits per heavy atom. The Morgan fingerprint density at radius 2 is 1.96 bits per heavy atom. The number of fused-ring (bicyclic) bond motifs is 3. The van der Waals surface area contributed by atoms with Crippen LogP contribution in [0, 0.1) is 10.1 Å². The summed E-state index contributed by atoms with van der Waals surface area (Å²) in [6, 6.07) is 9.22. The third kappa shape index (κ3) is 2.24. The molecule has 0 aliphatic heterocycles. The van der Waals surface area contributed by atoms with Crippen molar-refractivity contribution in [3.05, 3.63) is 69.5 Å². The van der Waals surface area contributed by atoms with Crippen LogP contribution in [0.2, 0.25) is 0 Å². The molecule has 2 aromatic heterocycles. The molecule has 1 aliphatic carbocycles. The zero-order chi connectivity index (χ0) is 17.6. The third-order valence-corrected chi connectivity index (χ3v) is 4.45. The molecule has 1 aliphatic rings. The Morgan fingerprint density at radius 3 is 2.76 bits per heavy atom. The Bertz CT molecular complexity index is 1050. The van der Waals surface area contributed by atoms with Gasteiger partial charge in [0, 0.05) is 24.4 Å². The Balaban J connectivity index is 2.01. The number of benzene rings is 1. The third-order valence-electron chi connectivity index (χ3n) is 4.45. The van der Waals surface area contributed by atoms with Crippen molar-refractivity contribution in [2.24, 2.45) is 0 Å². The topological polar surface area (TPSA) is 95.1 Å². The molecule has 0 radical (unpaired) electrons. The number of ketones is 1. The first-order chi connectivity index (χ1) is 12.1. The molecule has 2 heterocycles. The lowest BCUT2D eigenvalue weighted by Crippen LogP contribution is -2.19. The second kappa shape index (κ2) is 5.62. The number of aromatic nitrogens is 2. The summed E-state index contributed by atoms with van der Waals surface area (Å²) in [5.41, 5.74) is 1.78. The lowest BCUT2D eigenvalue weighted by Gasteiger charge is -2.14. The van der Waals surface area contributed by atoms with Gasteiger partial charge in [0.15, 0.2) is 5.78 Å². The molecule has 25 heavy (non-hydrogen) atoms. The van der Waals surface area contributed by atoms with Crippen LogP contribution in [0.15, 0.2) is 42.6 Å². The number of hydrogen-bond donors (Lipinski definition) is 0. The van der Waals surface area contributed by atoms with Gasteiger partial charge in [-0.1, -0.05) is 12.1 Å². The smallest absolute Gasteiger partial charge is 0.282 e. The fourth-order valence-electron chi connectivity index (χ4n) is 3.40. The van der Waals surface area contributed by atoms with Crippen molar-refractivity contribution in [3.63, 3.8) is 0 Å². The fourth-order valence-corrected chi connectivity index (χ4v) is 3.40. The van der Waals surface area contributed by atoms with Crippen molar-refractivity contribution in [1.29, 1.82) is 0 Å². The number of Topliss-reactive ketones (excluding diaryl/α,β-unsaturated/α-hetero) is 1. The van der Waals surface area contributed by atoms with Crippen molar-refractivity contribution in [1.82, 2.24) is 9.55 Å². The van der Waals surface area contributed by atoms with Crippen LogP contribution in [0.5, 0.6) is 0 Å². The molecule has 0 unspecified atom stereocenters. The van der Waals surface area contributed by atoms with E-state index in [1.807, 2.05) is 0 Å². The van der Waals surface area contributed by atoms with Crippen LogP contribution in [0.1, 0.15) is 39.3 Å². The van der Waals surface area contributed by atoms with E-state index in [0.717, 1.165) is 0 Å². The lowest BCUT2D eigenvalue weighted by atomic mass is 9.96. The van der Waals surface area contributed by atoms with Gasteiger partial charge in [-0.2, -0.15) is 0 Å². The van der Waals surface area contributed by atoms with Crippen LogP contribution in [0.3, 0.4) is 0 Å². The minimum atomic E-state index is -0.575. The number of carbonyl (C=O) groups is 2. The van der Waals surface area contributed by atoms with Gasteiger partial charge in [-0.05, 0) is 31.0 Å². The van der Waals surface area contributed by atoms with E-state index in [2.05, 4.69) is 4.98 Å². The highest BCUT2D eigenvalue weighted by atomic mass is 16.6. The number of nitrogens with zero attached hydrogens (tertiary/aromatic N) is 3. The molecule has 124 valence electrons. The summed E-state index contributed by atoms with van der Waals surface area (Å²) >= 11 is 0. The Kier molecular flexibility index (Phi) is 3.42. The van der Waals surface area contributed by atoms with Crippen molar-refractivity contribution in [2.45, 2.75) is 19.3 Å². The second-order valence-corrected chi connectivity index (χ2v) is 5.88. The summed E-state index contributed by atoms with van der Waals surface area (Å²) in [7, 11) is 0. The maximum absolute atomic E-state index is 13.1. The molecule has 3 aromatic rings. The molecule has 0 saturated heterocycles. The fraction of sp³-hybridized carbons (Fsp3) is 0.167. The maximum Gasteiger partial charge on any atom is 0.282 e. The highest BCUT2D eigenvalue weighted by Gasteiger charge is 2.31. The highest BCUT2D eigenvalue weighted by molar-refractivity contribution is 6.13. The molecule has 0 atom stereocenters. The van der Waals surface area contributed by atoms with Crippen molar-refractivity contribution in [3.8, 4) is 0 Å². The molecule has 7 nitrogen and oxygen atoms in total. The number of para-hydroxylation sites is 1. The van der Waals surface area contributed by atoms with Gasteiger partial charge < -0.3 is 0 Å². The summed E-state index contributed by atoms with van der Waals surface area (Å²) in [5.74, 6) is -0.555. The van der Waals surface area contributed by atoms with Crippen LogP contribution in [0.25, 0.3) is 11.0 Å². The van der Waals surface area contributed by atoms with Gasteiger partial charge in [0.05, 0.1) is 21.5 Å². The summed E-state index contributed by atoms with van der Waals surface area (Å²) in [5, 5.41) is 11.3. The predicted octanol–water partition coefficient (Wildman–Crippen LogP) is 3.15. The van der Waals surface area contributed by atoms with E-state index >= 15 is 0 Å². The molecule has 0 N–H and O–H groups in total. The second-order valence-electron chi connectivity index (χ2n) is 5.88. The first kappa shape index (κ1) is 15.2. The Labute approximate surface area is 142 Å². The zero-order valence-corrected chi connectivity index (χ0v) is 13.1. The van der Waals surface area contributed by atoms with Crippen molar-refractivity contribution >= 4 is 28.4 Å². The van der Waals surface area contributed by atoms with E-state index < -0.39 is 10.8 Å². The van der Waals surface area contributed by atoms with E-state index in [1.165, 1.54) is 22.8 Å². The van der Waals surface area contributed by atoms with Gasteiger partial charge in [-0.25, -0.2) is 0 Å². The number of pyridine rings is 1. The van der Waals surface area contributed by atoms with E-state index in [-0.39, 0.29) is 17.0 Å². The van der Waals surface area contributed by atoms with Gasteiger partial charge in [-0.3, -0.25) is 29.3 Å². The molecule has 4 rings (SSSR count). The number of carbonyl (C=O) groups excluding carboxylic acids is 2. The monoisotopic (exact) mass is 335 g/mol. The number of nitro groups is 1. The summed E-state index contributed by atoms with van der Waals surface area (Å²) < 4.78 is 1.41. The molecular formula is C18H13N3O4. The molecule has 0 amide bonds. The summed E-state index contributed by atoms with van der Waals surface area (Å²) in [4.78, 5) is 40.5. The van der Waals surface area contributed by atoms with E-state index in [9.17, 15) is 19.7 Å². The number of hydrogen-bond acceptors (Lipinski definition) is 5. The number of nitro benzene ring substituents is 1. The quantitative estimate of drug-likeness (QED) is 0.529. The van der Waals surface area contributed by atoms with E-state index in [1.54, 1.807) is 24.4 Å². The van der Waals surface area contributed by atoms with Crippen LogP contribution in [-0.4, -0.2) is 26.2 Å². The van der Waals surface area contributed by atoms with Crippen LogP contribution in [0.4, 0.5) is 5.69 Å². The minimum absolute atomic E-state index is 0.00549. The summed E-state index contributed by atoms with van der Waals surface area (Å²) in [6.45, 7) is 0. The maximum atomic E-state index is 13.1. The van der Waals surface area contributed by atoms with Crippen LogP contribution < -0.4 is 0 Å². The molecule has 0 bridgehead atoms. The zero-order valence-electron chi connectivity index (χ0n) is 13.1. The van der Waals surface area contributed by atoms with Gasteiger partial charge in [-0.15, -0.1) is 0 Å². The lowest BCUT2D eigenvalue weighted by molar-refractivity contribution is -0.385. The van der Waals surface area contributed by atoms with Gasteiger partial charge >= 0.3 is 0 Å². The van der Waals surface area contributed by atoms with Crippen molar-refractivity contribution < 1.29 is 14.5 Å². The van der Waals surface area contributed by atoms with Crippen LogP contribution >= 0.6 is 0 Å². The molecule has 1 aromatic carbocycles. The molecule has 0 spiro atoms. The normalized spacial score (nSPS) is 13.7. The first-order valence-corrected chi connectivity index (χ1v) is 7.89. The van der Waals surface area contributed by atoms with E-state index in [0.29, 0.717) is 41.6 Å². The van der Waals surface area contributed by atoms with Crippen molar-refractivity contribution in [2.75, 3.05) is 0 Å². The van der Waals surface area contributed by atoms with Gasteiger partial charge in [0.1, 0.15) is 5.56 Å². The Hall–Kier alpha value is -3.35. The largest absolute Gasteiger partial charge is 0.294 e. The highest BCUT2D eigenvalue weighted by Crippen LogP contribution is 2.32. The predicted molar refractivity (Wildman–Crippen MR) is 89.8 cm³/mol. The minimum Gasteiger partial charge on any atom is -0.294 e. The standard InChI is InChI=1S/C18H13N3O4/c22-15-9-3-7-13-16(15)17-14(8-4-10-19-17)20(13)18(23)11-5-1-2-6-12(11)21(24)25/h1-2,4-6,8,10H,3,7,9H2. The van der Waals surface area contributed by atoms with Gasteiger partial charge in [0.25, 0.3) is 11.6 Å². The number of rotatable bonds is 2. The summed E-state index contributed by atoms with van der Waals surface area (Å²) in [6.07, 6.45) is 3.20. The molecule has 7 heteroatoms. The van der Waals surface area contributed by atoms with Crippen LogP contribution in [-0.2, 0) is 6.42 Å².